The highest BCUT2D eigenvalue weighted by atomic mass is 35.5. The maximum Gasteiger partial charge on any atom is 0.334 e. The topological polar surface area (TPSA) is 296 Å². The molecule has 3 aromatic carbocycles. The number of fused-ring (bicyclic) bond motifs is 3. The first kappa shape index (κ1) is 26.8. The molecule has 0 N–H and O–H groups in total. The quantitative estimate of drug-likeness (QED) is 0.145. The smallest absolute Gasteiger partial charge is 0.334 e. The van der Waals surface area contributed by atoms with E-state index in [1.54, 1.807) is 0 Å². The molecule has 0 radical (unpaired) electrons. The zero-order valence-corrected chi connectivity index (χ0v) is 21.6. The summed E-state index contributed by atoms with van der Waals surface area (Å²) in [7, 11) is 0. The van der Waals surface area contributed by atoms with Gasteiger partial charge in [-0.1, -0.05) is 22.9 Å². The summed E-state index contributed by atoms with van der Waals surface area (Å²) in [4.78, 5) is 46.3. The molecule has 0 bridgehead atoms. The molecule has 3 aromatic heterocycles. The molecule has 24 heteroatoms. The number of aromatic nitrogens is 5. The van der Waals surface area contributed by atoms with Crippen LogP contribution in [0.3, 0.4) is 0 Å². The van der Waals surface area contributed by atoms with Crippen molar-refractivity contribution in [2.75, 3.05) is 0 Å². The van der Waals surface area contributed by atoms with E-state index in [4.69, 9.17) is 11.6 Å². The van der Waals surface area contributed by atoms with E-state index < -0.39 is 80.7 Å². The molecule has 0 atom stereocenters. The van der Waals surface area contributed by atoms with E-state index in [9.17, 15) is 50.9 Å². The summed E-state index contributed by atoms with van der Waals surface area (Å²) in [5.74, 6) is 0. The highest BCUT2D eigenvalue weighted by molar-refractivity contribution is 7.16. The number of benzene rings is 3. The minimum absolute atomic E-state index is 0.0498. The van der Waals surface area contributed by atoms with E-state index in [2.05, 4.69) is 24.6 Å². The molecule has 0 saturated heterocycles. The van der Waals surface area contributed by atoms with Gasteiger partial charge in [-0.25, -0.2) is 4.99 Å². The van der Waals surface area contributed by atoms with Crippen molar-refractivity contribution in [2.45, 2.75) is 0 Å². The summed E-state index contributed by atoms with van der Waals surface area (Å²) in [6.45, 7) is 0. The molecule has 3 heterocycles. The normalized spacial score (nSPS) is 12.0. The second-order valence-electron chi connectivity index (χ2n) is 8.25. The fourth-order valence-corrected chi connectivity index (χ4v) is 5.58. The van der Waals surface area contributed by atoms with Crippen molar-refractivity contribution >= 4 is 83.7 Å². The summed E-state index contributed by atoms with van der Waals surface area (Å²) in [6.07, 6.45) is 0. The maximum atomic E-state index is 12.7. The van der Waals surface area contributed by atoms with Crippen molar-refractivity contribution in [3.63, 3.8) is 0 Å². The van der Waals surface area contributed by atoms with Crippen molar-refractivity contribution in [1.82, 2.24) is 14.9 Å². The van der Waals surface area contributed by atoms with Crippen LogP contribution in [0.5, 0.6) is 0 Å². The van der Waals surface area contributed by atoms with Gasteiger partial charge in [0.1, 0.15) is 12.1 Å². The Hall–Kier alpha value is -6.36. The number of nitro benzene ring substituents is 4. The zero-order chi connectivity index (χ0) is 30.9. The van der Waals surface area contributed by atoms with Crippen molar-refractivity contribution < 1.29 is 38.8 Å². The minimum Gasteiger partial charge on any atom is -0.359 e. The van der Waals surface area contributed by atoms with Gasteiger partial charge in [-0.15, -0.1) is 0 Å². The van der Waals surface area contributed by atoms with Gasteiger partial charge >= 0.3 is 33.8 Å². The Kier molecular flexibility index (Phi) is 5.83. The number of halogens is 1. The lowest BCUT2D eigenvalue weighted by Crippen LogP contribution is -2.26. The molecule has 216 valence electrons. The highest BCUT2D eigenvalue weighted by Crippen LogP contribution is 2.40. The van der Waals surface area contributed by atoms with Gasteiger partial charge < -0.3 is 10.4 Å². The van der Waals surface area contributed by atoms with Crippen LogP contribution in [-0.2, 0) is 0 Å². The summed E-state index contributed by atoms with van der Waals surface area (Å²) >= 11 is 6.81. The Morgan fingerprint density at radius 3 is 1.91 bits per heavy atom. The molecule has 0 aliphatic heterocycles. The van der Waals surface area contributed by atoms with Crippen LogP contribution in [0.2, 0.25) is 5.02 Å². The number of nitro groups is 4. The molecule has 22 nitrogen and oxygen atoms in total. The molecule has 0 fully saturated rings. The summed E-state index contributed by atoms with van der Waals surface area (Å²) < 4.78 is 10.1. The van der Waals surface area contributed by atoms with Gasteiger partial charge in [-0.05, 0) is 28.0 Å². The van der Waals surface area contributed by atoms with Crippen LogP contribution in [0, 0.1) is 50.9 Å². The standard InChI is InChI=1S/C19H5ClN10O12S/c20-6-1-2-7-12(3-6)43-19(21-13-8(25(31)32)4-9(26(33)34)14-17(13)29(39)41-22-14)24(7)16-11(28(37)38)5-10(27(35)36)15-18(16)30(40)42-23-15/h1-5H. The van der Waals surface area contributed by atoms with Crippen molar-refractivity contribution in [1.29, 1.82) is 0 Å². The fourth-order valence-electron chi connectivity index (χ4n) is 4.28. The van der Waals surface area contributed by atoms with Crippen LogP contribution in [0.15, 0.2) is 44.6 Å². The van der Waals surface area contributed by atoms with Gasteiger partial charge in [0, 0.05) is 5.02 Å². The average molecular weight is 633 g/mol. The number of thiazole rings is 1. The molecule has 0 unspecified atom stereocenters. The summed E-state index contributed by atoms with van der Waals surface area (Å²) in [5.41, 5.74) is -8.41. The predicted octanol–water partition coefficient (Wildman–Crippen LogP) is 2.76. The lowest BCUT2D eigenvalue weighted by atomic mass is 10.2. The van der Waals surface area contributed by atoms with E-state index in [1.165, 1.54) is 18.2 Å². The van der Waals surface area contributed by atoms with Crippen molar-refractivity contribution in [3.8, 4) is 5.69 Å². The van der Waals surface area contributed by atoms with Gasteiger partial charge in [0.25, 0.3) is 11.0 Å². The van der Waals surface area contributed by atoms with Crippen molar-refractivity contribution in [3.05, 3.63) is 91.0 Å². The summed E-state index contributed by atoms with van der Waals surface area (Å²) in [5, 5.41) is 79.4. The number of non-ortho nitro benzene ring substituents is 2. The first-order chi connectivity index (χ1) is 20.4. The Labute approximate surface area is 239 Å². The molecule has 0 spiro atoms. The van der Waals surface area contributed by atoms with Gasteiger partial charge in [-0.3, -0.25) is 54.3 Å². The second kappa shape index (κ2) is 9.35. The van der Waals surface area contributed by atoms with E-state index in [0.29, 0.717) is 23.5 Å². The lowest BCUT2D eigenvalue weighted by molar-refractivity contribution is -0.782. The first-order valence-corrected chi connectivity index (χ1v) is 12.1. The molecule has 43 heavy (non-hydrogen) atoms. The third kappa shape index (κ3) is 3.98. The molecule has 6 aromatic rings. The zero-order valence-electron chi connectivity index (χ0n) is 20.0. The predicted molar refractivity (Wildman–Crippen MR) is 137 cm³/mol. The van der Waals surface area contributed by atoms with Crippen LogP contribution in [0.1, 0.15) is 0 Å². The SMILES string of the molecule is O=[N+]([O-])c1cc([N+](=O)[O-])c2no[n+]([O-])c2c1N=c1sc2cc(Cl)ccc2n1-c1c([N+](=O)[O-])cc([N+](=O)[O-])c2no[n+]([O-])c12. The Balaban J connectivity index is 1.86. The third-order valence-corrected chi connectivity index (χ3v) is 7.20. The van der Waals surface area contributed by atoms with E-state index in [-0.39, 0.29) is 25.0 Å². The highest BCUT2D eigenvalue weighted by Gasteiger charge is 2.38. The van der Waals surface area contributed by atoms with Crippen LogP contribution in [0.25, 0.3) is 38.0 Å². The number of hydrogen-bond acceptors (Lipinski definition) is 16. The van der Waals surface area contributed by atoms with Crippen molar-refractivity contribution in [2.24, 2.45) is 4.99 Å². The van der Waals surface area contributed by atoms with Gasteiger partial charge in [0.2, 0.25) is 0 Å². The molecule has 0 saturated carbocycles. The average Bonchev–Trinajstić information content (AvgIpc) is 3.62. The minimum atomic E-state index is -1.08. The van der Waals surface area contributed by atoms with Gasteiger partial charge in [0.05, 0.1) is 40.2 Å². The molecular formula is C19H5ClN10O12S. The van der Waals surface area contributed by atoms with Crippen LogP contribution in [0.4, 0.5) is 28.4 Å². The summed E-state index contributed by atoms with van der Waals surface area (Å²) in [6, 6.07) is 5.06. The molecule has 0 aliphatic rings. The third-order valence-electron chi connectivity index (χ3n) is 5.97. The Bertz CT molecular complexity index is 2320. The fraction of sp³-hybridized carbons (Fsp3) is 0. The first-order valence-electron chi connectivity index (χ1n) is 11.0. The Morgan fingerprint density at radius 1 is 0.791 bits per heavy atom. The van der Waals surface area contributed by atoms with Crippen LogP contribution >= 0.6 is 22.9 Å². The lowest BCUT2D eigenvalue weighted by Gasteiger charge is -2.07. The van der Waals surface area contributed by atoms with Gasteiger partial charge in [-0.2, -0.15) is 0 Å². The van der Waals surface area contributed by atoms with Crippen LogP contribution < -0.4 is 14.6 Å². The number of rotatable bonds is 6. The molecule has 0 amide bonds. The van der Waals surface area contributed by atoms with Crippen LogP contribution in [-0.4, -0.2) is 34.6 Å². The maximum absolute atomic E-state index is 12.7. The molecular weight excluding hydrogens is 628 g/mol. The monoisotopic (exact) mass is 632 g/mol. The molecule has 6 rings (SSSR count). The largest absolute Gasteiger partial charge is 0.359 e. The molecule has 0 aliphatic carbocycles. The van der Waals surface area contributed by atoms with E-state index >= 15 is 0 Å². The Morgan fingerprint density at radius 2 is 1.33 bits per heavy atom. The second-order valence-corrected chi connectivity index (χ2v) is 9.70. The van der Waals surface area contributed by atoms with Gasteiger partial charge in [0.15, 0.2) is 16.2 Å². The van der Waals surface area contributed by atoms with E-state index in [1.807, 2.05) is 0 Å². The number of nitrogens with zero attached hydrogens (tertiary/aromatic N) is 10. The van der Waals surface area contributed by atoms with E-state index in [0.717, 1.165) is 4.57 Å². The number of hydrogen-bond donors (Lipinski definition) is 0.